The van der Waals surface area contributed by atoms with Crippen LogP contribution in [0.3, 0.4) is 0 Å². The van der Waals surface area contributed by atoms with E-state index in [9.17, 15) is 4.79 Å². The second-order valence-corrected chi connectivity index (χ2v) is 8.94. The SMILES string of the molecule is CCCCCCCCNC1CC1c1ccc(CC(=O)c2cccc(Br)c2)cc1. The quantitative estimate of drug-likeness (QED) is 0.293. The zero-order valence-corrected chi connectivity index (χ0v) is 18.5. The first-order valence-corrected chi connectivity index (χ1v) is 11.6. The first-order chi connectivity index (χ1) is 13.7. The molecule has 1 N–H and O–H groups in total. The van der Waals surface area contributed by atoms with Crippen LogP contribution >= 0.6 is 15.9 Å². The standard InChI is InChI=1S/C25H32BrNO/c1-2-3-4-5-6-7-15-27-24-18-23(24)20-13-11-19(12-14-20)16-25(28)21-9-8-10-22(26)17-21/h8-14,17,23-24,27H,2-7,15-16,18H2,1H3. The molecule has 0 amide bonds. The van der Waals surface area contributed by atoms with Crippen molar-refractivity contribution in [3.05, 3.63) is 69.7 Å². The minimum atomic E-state index is 0.166. The fourth-order valence-electron chi connectivity index (χ4n) is 3.81. The normalized spacial score (nSPS) is 18.2. The fraction of sp³-hybridized carbons (Fsp3) is 0.480. The van der Waals surface area contributed by atoms with Gasteiger partial charge in [-0.2, -0.15) is 0 Å². The molecule has 2 nitrogen and oxygen atoms in total. The van der Waals surface area contributed by atoms with Crippen molar-refractivity contribution in [2.75, 3.05) is 6.54 Å². The largest absolute Gasteiger partial charge is 0.313 e. The number of unbranched alkanes of at least 4 members (excludes halogenated alkanes) is 5. The van der Waals surface area contributed by atoms with Crippen molar-refractivity contribution < 1.29 is 4.79 Å². The van der Waals surface area contributed by atoms with Gasteiger partial charge in [-0.1, -0.05) is 91.4 Å². The van der Waals surface area contributed by atoms with Gasteiger partial charge in [-0.15, -0.1) is 0 Å². The summed E-state index contributed by atoms with van der Waals surface area (Å²) in [6.45, 7) is 3.41. The molecule has 28 heavy (non-hydrogen) atoms. The Hall–Kier alpha value is -1.45. The Kier molecular flexibility index (Phi) is 8.29. The lowest BCUT2D eigenvalue weighted by Gasteiger charge is -2.06. The number of rotatable bonds is 12. The van der Waals surface area contributed by atoms with Crippen LogP contribution < -0.4 is 5.32 Å². The van der Waals surface area contributed by atoms with Crippen molar-refractivity contribution in [1.82, 2.24) is 5.32 Å². The van der Waals surface area contributed by atoms with Gasteiger partial charge in [0.25, 0.3) is 0 Å². The first-order valence-electron chi connectivity index (χ1n) is 10.8. The molecule has 3 heteroatoms. The Balaban J connectivity index is 1.39. The Labute approximate surface area is 178 Å². The van der Waals surface area contributed by atoms with Crippen LogP contribution in [0, 0.1) is 0 Å². The van der Waals surface area contributed by atoms with Gasteiger partial charge in [0.1, 0.15) is 0 Å². The highest BCUT2D eigenvalue weighted by Gasteiger charge is 2.37. The van der Waals surface area contributed by atoms with Crippen molar-refractivity contribution in [1.29, 1.82) is 0 Å². The maximum absolute atomic E-state index is 12.4. The molecule has 2 aromatic rings. The molecule has 0 aromatic heterocycles. The summed E-state index contributed by atoms with van der Waals surface area (Å²) in [4.78, 5) is 12.4. The second kappa shape index (κ2) is 10.9. The van der Waals surface area contributed by atoms with Crippen LogP contribution in [-0.2, 0) is 6.42 Å². The Morgan fingerprint density at radius 3 is 2.54 bits per heavy atom. The van der Waals surface area contributed by atoms with Crippen LogP contribution in [0.4, 0.5) is 0 Å². The van der Waals surface area contributed by atoms with Crippen LogP contribution in [-0.4, -0.2) is 18.4 Å². The molecule has 0 saturated heterocycles. The molecule has 1 aliphatic carbocycles. The molecule has 150 valence electrons. The third-order valence-electron chi connectivity index (χ3n) is 5.65. The van der Waals surface area contributed by atoms with E-state index in [2.05, 4.69) is 52.4 Å². The molecule has 2 aromatic carbocycles. The lowest BCUT2D eigenvalue weighted by atomic mass is 10.0. The maximum atomic E-state index is 12.4. The molecule has 2 atom stereocenters. The lowest BCUT2D eigenvalue weighted by Crippen LogP contribution is -2.19. The van der Waals surface area contributed by atoms with E-state index in [1.807, 2.05) is 24.3 Å². The molecule has 1 fully saturated rings. The summed E-state index contributed by atoms with van der Waals surface area (Å²) < 4.78 is 0.946. The van der Waals surface area contributed by atoms with Gasteiger partial charge in [-0.3, -0.25) is 4.79 Å². The molecule has 0 spiro atoms. The van der Waals surface area contributed by atoms with Crippen LogP contribution in [0.5, 0.6) is 0 Å². The molecule has 0 aliphatic heterocycles. The summed E-state index contributed by atoms with van der Waals surface area (Å²) in [5.74, 6) is 0.814. The number of nitrogens with one attached hydrogen (secondary N) is 1. The van der Waals surface area contributed by atoms with Gasteiger partial charge in [0.15, 0.2) is 5.78 Å². The molecule has 0 radical (unpaired) electrons. The van der Waals surface area contributed by atoms with E-state index in [0.717, 1.165) is 22.1 Å². The van der Waals surface area contributed by atoms with Crippen molar-refractivity contribution >= 4 is 21.7 Å². The van der Waals surface area contributed by atoms with E-state index in [1.165, 1.54) is 50.5 Å². The maximum Gasteiger partial charge on any atom is 0.167 e. The molecular formula is C25H32BrNO. The molecule has 1 saturated carbocycles. The summed E-state index contributed by atoms with van der Waals surface area (Å²) in [6.07, 6.45) is 9.81. The Morgan fingerprint density at radius 2 is 1.79 bits per heavy atom. The third kappa shape index (κ3) is 6.56. The number of benzene rings is 2. The zero-order chi connectivity index (χ0) is 19.8. The van der Waals surface area contributed by atoms with Crippen LogP contribution in [0.2, 0.25) is 0 Å². The highest BCUT2D eigenvalue weighted by Crippen LogP contribution is 2.40. The minimum Gasteiger partial charge on any atom is -0.313 e. The molecule has 0 bridgehead atoms. The van der Waals surface area contributed by atoms with E-state index >= 15 is 0 Å². The predicted octanol–water partition coefficient (Wildman–Crippen LogP) is 6.68. The van der Waals surface area contributed by atoms with Gasteiger partial charge in [-0.05, 0) is 42.6 Å². The fourth-order valence-corrected chi connectivity index (χ4v) is 4.21. The van der Waals surface area contributed by atoms with Gasteiger partial charge in [0.05, 0.1) is 0 Å². The lowest BCUT2D eigenvalue weighted by molar-refractivity contribution is 0.0993. The summed E-state index contributed by atoms with van der Waals surface area (Å²) >= 11 is 3.43. The van der Waals surface area contributed by atoms with E-state index in [0.29, 0.717) is 18.4 Å². The van der Waals surface area contributed by atoms with Crippen molar-refractivity contribution in [2.45, 2.75) is 70.3 Å². The second-order valence-electron chi connectivity index (χ2n) is 8.02. The summed E-state index contributed by atoms with van der Waals surface area (Å²) in [5, 5.41) is 3.71. The predicted molar refractivity (Wildman–Crippen MR) is 121 cm³/mol. The zero-order valence-electron chi connectivity index (χ0n) is 16.9. The number of carbonyl (C=O) groups is 1. The topological polar surface area (TPSA) is 29.1 Å². The van der Waals surface area contributed by atoms with Gasteiger partial charge in [0, 0.05) is 28.4 Å². The van der Waals surface area contributed by atoms with Crippen molar-refractivity contribution in [2.24, 2.45) is 0 Å². The average molecular weight is 442 g/mol. The van der Waals surface area contributed by atoms with Gasteiger partial charge < -0.3 is 5.32 Å². The van der Waals surface area contributed by atoms with Crippen molar-refractivity contribution in [3.63, 3.8) is 0 Å². The Morgan fingerprint density at radius 1 is 1.04 bits per heavy atom. The number of hydrogen-bond acceptors (Lipinski definition) is 2. The highest BCUT2D eigenvalue weighted by atomic mass is 79.9. The number of Topliss-reactive ketones (excluding diaryl/α,β-unsaturated/α-hetero) is 1. The van der Waals surface area contributed by atoms with Crippen LogP contribution in [0.25, 0.3) is 0 Å². The number of ketones is 1. The summed E-state index contributed by atoms with van der Waals surface area (Å²) in [6, 6.07) is 16.9. The van der Waals surface area contributed by atoms with Gasteiger partial charge in [0.2, 0.25) is 0 Å². The molecule has 3 rings (SSSR count). The number of carbonyl (C=O) groups excluding carboxylic acids is 1. The van der Waals surface area contributed by atoms with Gasteiger partial charge >= 0.3 is 0 Å². The van der Waals surface area contributed by atoms with E-state index in [1.54, 1.807) is 0 Å². The first kappa shape index (κ1) is 21.3. The third-order valence-corrected chi connectivity index (χ3v) is 6.14. The van der Waals surface area contributed by atoms with Crippen molar-refractivity contribution in [3.8, 4) is 0 Å². The average Bonchev–Trinajstić information content (AvgIpc) is 3.47. The summed E-state index contributed by atoms with van der Waals surface area (Å²) in [5.41, 5.74) is 3.25. The number of halogens is 1. The number of hydrogen-bond donors (Lipinski definition) is 1. The van der Waals surface area contributed by atoms with E-state index < -0.39 is 0 Å². The van der Waals surface area contributed by atoms with Gasteiger partial charge in [-0.25, -0.2) is 0 Å². The van der Waals surface area contributed by atoms with Crippen LogP contribution in [0.1, 0.15) is 79.3 Å². The summed E-state index contributed by atoms with van der Waals surface area (Å²) in [7, 11) is 0. The smallest absolute Gasteiger partial charge is 0.167 e. The monoisotopic (exact) mass is 441 g/mol. The Bertz CT molecular complexity index is 755. The molecule has 1 aliphatic rings. The van der Waals surface area contributed by atoms with E-state index in [-0.39, 0.29) is 5.78 Å². The van der Waals surface area contributed by atoms with E-state index in [4.69, 9.17) is 0 Å². The van der Waals surface area contributed by atoms with Crippen LogP contribution in [0.15, 0.2) is 53.0 Å². The minimum absolute atomic E-state index is 0.166. The molecular weight excluding hydrogens is 410 g/mol. The molecule has 0 heterocycles. The molecule has 2 unspecified atom stereocenters. The highest BCUT2D eigenvalue weighted by molar-refractivity contribution is 9.10.